The molecule has 2 aliphatic rings. The van der Waals surface area contributed by atoms with Crippen LogP contribution in [0.2, 0.25) is 0 Å². The number of amides is 1. The average molecular weight is 419 g/mol. The molecule has 8 nitrogen and oxygen atoms in total. The maximum absolute atomic E-state index is 13.0. The predicted octanol–water partition coefficient (Wildman–Crippen LogP) is 1.69. The Labute approximate surface area is 174 Å². The van der Waals surface area contributed by atoms with E-state index in [9.17, 15) is 14.3 Å². The van der Waals surface area contributed by atoms with Gasteiger partial charge in [-0.05, 0) is 37.1 Å². The minimum atomic E-state index is -0.474. The zero-order chi connectivity index (χ0) is 20.9. The molecule has 1 N–H and O–H groups in total. The van der Waals surface area contributed by atoms with Gasteiger partial charge in [0.2, 0.25) is 0 Å². The van der Waals surface area contributed by atoms with Crippen LogP contribution in [0, 0.1) is 5.82 Å². The molecule has 3 heterocycles. The molecule has 1 amide bonds. The summed E-state index contributed by atoms with van der Waals surface area (Å²) in [6, 6.07) is 7.25. The van der Waals surface area contributed by atoms with Crippen LogP contribution in [0.3, 0.4) is 0 Å². The fourth-order valence-corrected chi connectivity index (χ4v) is 3.94. The second-order valence-electron chi connectivity index (χ2n) is 7.57. The third kappa shape index (κ3) is 4.97. The van der Waals surface area contributed by atoms with E-state index in [-0.39, 0.29) is 30.1 Å². The Bertz CT molecular complexity index is 837. The summed E-state index contributed by atoms with van der Waals surface area (Å²) < 4.78 is 29.1. The first kappa shape index (κ1) is 20.8. The highest BCUT2D eigenvalue weighted by molar-refractivity contribution is 5.92. The molecular weight excluding hydrogens is 393 g/mol. The lowest BCUT2D eigenvalue weighted by atomic mass is 10.0. The molecule has 2 aromatic rings. The number of aromatic nitrogens is 1. The number of morpholine rings is 1. The van der Waals surface area contributed by atoms with E-state index in [0.717, 1.165) is 13.1 Å². The fourth-order valence-electron chi connectivity index (χ4n) is 3.94. The van der Waals surface area contributed by atoms with Crippen molar-refractivity contribution in [3.05, 3.63) is 47.6 Å². The maximum atomic E-state index is 13.0. The quantitative estimate of drug-likeness (QED) is 0.789. The van der Waals surface area contributed by atoms with Crippen molar-refractivity contribution in [1.82, 2.24) is 15.0 Å². The van der Waals surface area contributed by atoms with E-state index >= 15 is 0 Å². The van der Waals surface area contributed by atoms with Crippen LogP contribution in [0.4, 0.5) is 4.39 Å². The fraction of sp³-hybridized carbons (Fsp3) is 0.524. The number of likely N-dealkylation sites (tertiary alicyclic amines) is 1. The summed E-state index contributed by atoms with van der Waals surface area (Å²) in [6.07, 6.45) is 0.745. The van der Waals surface area contributed by atoms with E-state index in [0.29, 0.717) is 50.7 Å². The zero-order valence-corrected chi connectivity index (χ0v) is 16.7. The Morgan fingerprint density at radius 3 is 2.67 bits per heavy atom. The summed E-state index contributed by atoms with van der Waals surface area (Å²) in [5.74, 6) is 0.343. The standard InChI is InChI=1S/C21H26FN3O5/c22-15-1-3-16(4-2-15)29-14-17-13-18(23-30-17)21(27)25-7-5-19(20(26)6-8-25)24-9-11-28-12-10-24/h1-4,13,19-20,26H,5-12,14H2/t19-,20-/m0/s1. The second kappa shape index (κ2) is 9.55. The van der Waals surface area contributed by atoms with E-state index in [1.54, 1.807) is 11.0 Å². The van der Waals surface area contributed by atoms with E-state index < -0.39 is 6.10 Å². The lowest BCUT2D eigenvalue weighted by Crippen LogP contribution is -2.49. The van der Waals surface area contributed by atoms with Crippen LogP contribution < -0.4 is 4.74 Å². The molecule has 2 aliphatic heterocycles. The Balaban J connectivity index is 1.33. The van der Waals surface area contributed by atoms with Gasteiger partial charge in [-0.15, -0.1) is 0 Å². The largest absolute Gasteiger partial charge is 0.486 e. The molecule has 2 fully saturated rings. The van der Waals surface area contributed by atoms with Crippen LogP contribution >= 0.6 is 0 Å². The van der Waals surface area contributed by atoms with E-state index in [1.165, 1.54) is 24.3 Å². The van der Waals surface area contributed by atoms with Crippen LogP contribution in [-0.2, 0) is 11.3 Å². The van der Waals surface area contributed by atoms with E-state index in [1.807, 2.05) is 0 Å². The van der Waals surface area contributed by atoms with Crippen LogP contribution in [-0.4, -0.2) is 77.5 Å². The van der Waals surface area contributed by atoms with Gasteiger partial charge in [0, 0.05) is 38.3 Å². The van der Waals surface area contributed by atoms with Crippen LogP contribution in [0.15, 0.2) is 34.9 Å². The van der Waals surface area contributed by atoms with Crippen molar-refractivity contribution < 1.29 is 28.3 Å². The molecule has 162 valence electrons. The molecule has 4 rings (SSSR count). The molecule has 1 aromatic carbocycles. The summed E-state index contributed by atoms with van der Waals surface area (Å²) in [6.45, 7) is 4.05. The molecule has 9 heteroatoms. The normalized spacial score (nSPS) is 23.2. The van der Waals surface area contributed by atoms with Gasteiger partial charge >= 0.3 is 0 Å². The number of hydrogen-bond acceptors (Lipinski definition) is 7. The van der Waals surface area contributed by atoms with Crippen molar-refractivity contribution in [2.75, 3.05) is 39.4 Å². The van der Waals surface area contributed by atoms with Crippen molar-refractivity contribution >= 4 is 5.91 Å². The Hall–Kier alpha value is -2.49. The van der Waals surface area contributed by atoms with Gasteiger partial charge in [-0.3, -0.25) is 9.69 Å². The number of aliphatic hydroxyl groups is 1. The molecule has 1 aromatic heterocycles. The highest BCUT2D eigenvalue weighted by atomic mass is 19.1. The summed E-state index contributed by atoms with van der Waals surface area (Å²) in [5, 5.41) is 14.5. The van der Waals surface area contributed by atoms with Gasteiger partial charge in [0.25, 0.3) is 5.91 Å². The average Bonchev–Trinajstić information content (AvgIpc) is 3.16. The highest BCUT2D eigenvalue weighted by Gasteiger charge is 2.32. The van der Waals surface area contributed by atoms with Gasteiger partial charge in [0.1, 0.15) is 18.2 Å². The molecule has 2 saturated heterocycles. The first-order chi connectivity index (χ1) is 14.6. The van der Waals surface area contributed by atoms with Crippen LogP contribution in [0.1, 0.15) is 29.1 Å². The zero-order valence-electron chi connectivity index (χ0n) is 16.7. The second-order valence-corrected chi connectivity index (χ2v) is 7.57. The van der Waals surface area contributed by atoms with Gasteiger partial charge in [-0.25, -0.2) is 4.39 Å². The smallest absolute Gasteiger partial charge is 0.276 e. The van der Waals surface area contributed by atoms with Crippen molar-refractivity contribution in [3.8, 4) is 5.75 Å². The van der Waals surface area contributed by atoms with Crippen molar-refractivity contribution in [2.24, 2.45) is 0 Å². The molecule has 0 saturated carbocycles. The van der Waals surface area contributed by atoms with Crippen molar-refractivity contribution in [1.29, 1.82) is 0 Å². The first-order valence-electron chi connectivity index (χ1n) is 10.2. The number of aliphatic hydroxyl groups excluding tert-OH is 1. The van der Waals surface area contributed by atoms with E-state index in [4.69, 9.17) is 14.0 Å². The molecule has 0 unspecified atom stereocenters. The first-order valence-corrected chi connectivity index (χ1v) is 10.2. The van der Waals surface area contributed by atoms with Gasteiger partial charge in [0.05, 0.1) is 19.3 Å². The Morgan fingerprint density at radius 2 is 1.90 bits per heavy atom. The predicted molar refractivity (Wildman–Crippen MR) is 105 cm³/mol. The molecule has 2 atom stereocenters. The molecule has 30 heavy (non-hydrogen) atoms. The molecule has 0 radical (unpaired) electrons. The van der Waals surface area contributed by atoms with E-state index in [2.05, 4.69) is 10.1 Å². The third-order valence-electron chi connectivity index (χ3n) is 5.61. The number of rotatable bonds is 5. The lowest BCUT2D eigenvalue weighted by molar-refractivity contribution is -0.0222. The van der Waals surface area contributed by atoms with Gasteiger partial charge < -0.3 is 24.0 Å². The Kier molecular flexibility index (Phi) is 6.61. The molecule has 0 bridgehead atoms. The number of carbonyl (C=O) groups excluding carboxylic acids is 1. The summed E-state index contributed by atoms with van der Waals surface area (Å²) >= 11 is 0. The number of benzene rings is 1. The van der Waals surface area contributed by atoms with Crippen LogP contribution in [0.5, 0.6) is 5.75 Å². The Morgan fingerprint density at radius 1 is 1.17 bits per heavy atom. The third-order valence-corrected chi connectivity index (χ3v) is 5.61. The molecular formula is C21H26FN3O5. The number of hydrogen-bond donors (Lipinski definition) is 1. The van der Waals surface area contributed by atoms with Gasteiger partial charge in [0.15, 0.2) is 11.5 Å². The van der Waals surface area contributed by atoms with Crippen molar-refractivity contribution in [3.63, 3.8) is 0 Å². The minimum absolute atomic E-state index is 0.0312. The maximum Gasteiger partial charge on any atom is 0.276 e. The number of carbonyl (C=O) groups is 1. The number of ether oxygens (including phenoxy) is 2. The molecule has 0 spiro atoms. The van der Waals surface area contributed by atoms with Gasteiger partial charge in [-0.2, -0.15) is 0 Å². The summed E-state index contributed by atoms with van der Waals surface area (Å²) in [7, 11) is 0. The summed E-state index contributed by atoms with van der Waals surface area (Å²) in [4.78, 5) is 16.8. The van der Waals surface area contributed by atoms with Crippen LogP contribution in [0.25, 0.3) is 0 Å². The number of nitrogens with zero attached hydrogens (tertiary/aromatic N) is 3. The van der Waals surface area contributed by atoms with Gasteiger partial charge in [-0.1, -0.05) is 5.16 Å². The topological polar surface area (TPSA) is 88.3 Å². The monoisotopic (exact) mass is 419 g/mol. The highest BCUT2D eigenvalue weighted by Crippen LogP contribution is 2.21. The summed E-state index contributed by atoms with van der Waals surface area (Å²) in [5.41, 5.74) is 0.215. The number of halogens is 1. The van der Waals surface area contributed by atoms with Crippen molar-refractivity contribution in [2.45, 2.75) is 31.6 Å². The lowest BCUT2D eigenvalue weighted by Gasteiger charge is -2.36. The molecule has 0 aliphatic carbocycles. The SMILES string of the molecule is O=C(c1cc(COc2ccc(F)cc2)on1)N1CC[C@H](O)[C@@H](N2CCOCC2)CC1. The minimum Gasteiger partial charge on any atom is -0.486 e.